The third kappa shape index (κ3) is 3.23. The van der Waals surface area contributed by atoms with Gasteiger partial charge in [0.25, 0.3) is 0 Å². The zero-order chi connectivity index (χ0) is 15.0. The number of rotatable bonds is 4. The molecule has 0 saturated carbocycles. The second kappa shape index (κ2) is 5.07. The summed E-state index contributed by atoms with van der Waals surface area (Å²) in [5, 5.41) is 4.25. The lowest BCUT2D eigenvalue weighted by Gasteiger charge is -2.19. The predicted molar refractivity (Wildman–Crippen MR) is 75.2 cm³/mol. The van der Waals surface area contributed by atoms with Gasteiger partial charge in [0, 0.05) is 5.69 Å². The van der Waals surface area contributed by atoms with Crippen molar-refractivity contribution in [1.82, 2.24) is 9.78 Å². The van der Waals surface area contributed by atoms with Crippen LogP contribution in [0.2, 0.25) is 0 Å². The van der Waals surface area contributed by atoms with Gasteiger partial charge in [-0.25, -0.2) is 8.42 Å². The Balaban J connectivity index is 2.98. The van der Waals surface area contributed by atoms with Crippen molar-refractivity contribution in [3.8, 4) is 0 Å². The van der Waals surface area contributed by atoms with Crippen molar-refractivity contribution < 1.29 is 13.2 Å². The highest BCUT2D eigenvalue weighted by Crippen LogP contribution is 2.18. The summed E-state index contributed by atoms with van der Waals surface area (Å²) in [5.74, 6) is -0.0181. The average molecular weight is 286 g/mol. The lowest BCUT2D eigenvalue weighted by molar-refractivity contribution is 0.101. The number of hydrogen-bond donors (Lipinski definition) is 0. The van der Waals surface area contributed by atoms with E-state index in [1.54, 1.807) is 39.3 Å². The summed E-state index contributed by atoms with van der Waals surface area (Å²) in [7, 11) is -3.18. The van der Waals surface area contributed by atoms with E-state index in [4.69, 9.17) is 0 Å². The first-order chi connectivity index (χ1) is 8.47. The molecular formula is C13H22N2O3S. The fourth-order valence-electron chi connectivity index (χ4n) is 1.94. The van der Waals surface area contributed by atoms with Crippen LogP contribution in [-0.2, 0) is 16.4 Å². The van der Waals surface area contributed by atoms with E-state index in [1.165, 1.54) is 6.92 Å². The van der Waals surface area contributed by atoms with E-state index in [-0.39, 0.29) is 18.1 Å². The molecule has 5 nitrogen and oxygen atoms in total. The monoisotopic (exact) mass is 286 g/mol. The highest BCUT2D eigenvalue weighted by Gasteiger charge is 2.29. The number of ketones is 1. The Morgan fingerprint density at radius 1 is 1.26 bits per heavy atom. The predicted octanol–water partition coefficient (Wildman–Crippen LogP) is 1.92. The van der Waals surface area contributed by atoms with Crippen LogP contribution in [0.3, 0.4) is 0 Å². The zero-order valence-electron chi connectivity index (χ0n) is 12.4. The Hall–Kier alpha value is -1.17. The first-order valence-electron chi connectivity index (χ1n) is 6.24. The number of hydrogen-bond acceptors (Lipinski definition) is 4. The van der Waals surface area contributed by atoms with Gasteiger partial charge in [-0.2, -0.15) is 5.10 Å². The molecule has 0 aliphatic heterocycles. The van der Waals surface area contributed by atoms with Crippen LogP contribution in [-0.4, -0.2) is 34.5 Å². The summed E-state index contributed by atoms with van der Waals surface area (Å²) in [6, 6.07) is 0. The summed E-state index contributed by atoms with van der Waals surface area (Å²) >= 11 is 0. The minimum absolute atomic E-state index is 0.0236. The third-order valence-electron chi connectivity index (χ3n) is 3.24. The van der Waals surface area contributed by atoms with Crippen molar-refractivity contribution in [1.29, 1.82) is 0 Å². The standard InChI is InChI=1S/C13H22N2O3S/c1-9-12(11(3)16)10(2)15(14-9)7-8-19(17,18)13(4,5)6/h7-8H2,1-6H3. The van der Waals surface area contributed by atoms with Crippen LogP contribution in [0.1, 0.15) is 49.4 Å². The summed E-state index contributed by atoms with van der Waals surface area (Å²) < 4.78 is 24.9. The van der Waals surface area contributed by atoms with Gasteiger partial charge in [0.05, 0.1) is 28.3 Å². The van der Waals surface area contributed by atoms with E-state index in [1.807, 2.05) is 0 Å². The average Bonchev–Trinajstić information content (AvgIpc) is 2.49. The van der Waals surface area contributed by atoms with Crippen molar-refractivity contribution >= 4 is 15.6 Å². The Morgan fingerprint density at radius 3 is 2.16 bits per heavy atom. The van der Waals surface area contributed by atoms with Gasteiger partial charge in [0.1, 0.15) is 0 Å². The molecule has 0 aliphatic carbocycles. The van der Waals surface area contributed by atoms with Gasteiger partial charge < -0.3 is 0 Å². The van der Waals surface area contributed by atoms with E-state index in [9.17, 15) is 13.2 Å². The molecule has 0 unspecified atom stereocenters. The van der Waals surface area contributed by atoms with E-state index >= 15 is 0 Å². The topological polar surface area (TPSA) is 69.0 Å². The van der Waals surface area contributed by atoms with E-state index in [2.05, 4.69) is 5.10 Å². The molecule has 0 aromatic carbocycles. The first-order valence-corrected chi connectivity index (χ1v) is 7.90. The molecule has 1 aromatic rings. The van der Waals surface area contributed by atoms with E-state index in [0.717, 1.165) is 5.69 Å². The molecule has 0 amide bonds. The smallest absolute Gasteiger partial charge is 0.163 e. The summed E-state index contributed by atoms with van der Waals surface area (Å²) in [5.41, 5.74) is 1.97. The molecule has 1 heterocycles. The molecule has 0 N–H and O–H groups in total. The lowest BCUT2D eigenvalue weighted by atomic mass is 10.1. The minimum Gasteiger partial charge on any atom is -0.294 e. The van der Waals surface area contributed by atoms with Crippen LogP contribution < -0.4 is 0 Å². The number of Topliss-reactive ketones (excluding diaryl/α,β-unsaturated/α-hetero) is 1. The fourth-order valence-corrected chi connectivity index (χ4v) is 2.96. The molecular weight excluding hydrogens is 264 g/mol. The van der Waals surface area contributed by atoms with Crippen LogP contribution in [0, 0.1) is 13.8 Å². The van der Waals surface area contributed by atoms with Gasteiger partial charge in [-0.15, -0.1) is 0 Å². The third-order valence-corrected chi connectivity index (χ3v) is 5.82. The highest BCUT2D eigenvalue weighted by molar-refractivity contribution is 7.92. The number of nitrogens with zero attached hydrogens (tertiary/aromatic N) is 2. The van der Waals surface area contributed by atoms with Gasteiger partial charge >= 0.3 is 0 Å². The van der Waals surface area contributed by atoms with Gasteiger partial charge in [-0.1, -0.05) is 0 Å². The molecule has 0 atom stereocenters. The van der Waals surface area contributed by atoms with E-state index in [0.29, 0.717) is 11.3 Å². The molecule has 0 saturated heterocycles. The zero-order valence-corrected chi connectivity index (χ0v) is 13.3. The summed E-state index contributed by atoms with van der Waals surface area (Å²) in [6.45, 7) is 10.4. The second-order valence-electron chi connectivity index (χ2n) is 5.76. The van der Waals surface area contributed by atoms with Crippen molar-refractivity contribution in [2.75, 3.05) is 5.75 Å². The first kappa shape index (κ1) is 15.9. The molecule has 1 rings (SSSR count). The van der Waals surface area contributed by atoms with Crippen molar-refractivity contribution in [2.24, 2.45) is 0 Å². The Bertz CT molecular complexity index is 592. The maximum absolute atomic E-state index is 12.1. The number of aryl methyl sites for hydroxylation is 2. The number of carbonyl (C=O) groups is 1. The lowest BCUT2D eigenvalue weighted by Crippen LogP contribution is -2.32. The SMILES string of the molecule is CC(=O)c1c(C)nn(CCS(=O)(=O)C(C)(C)C)c1C. The largest absolute Gasteiger partial charge is 0.294 e. The van der Waals surface area contributed by atoms with Gasteiger partial charge in [0.2, 0.25) is 0 Å². The maximum Gasteiger partial charge on any atom is 0.163 e. The maximum atomic E-state index is 12.1. The van der Waals surface area contributed by atoms with Crippen LogP contribution >= 0.6 is 0 Å². The number of aromatic nitrogens is 2. The molecule has 19 heavy (non-hydrogen) atoms. The van der Waals surface area contributed by atoms with Crippen molar-refractivity contribution in [3.05, 3.63) is 17.0 Å². The van der Waals surface area contributed by atoms with Gasteiger partial charge in [0.15, 0.2) is 15.6 Å². The molecule has 0 radical (unpaired) electrons. The summed E-state index contributed by atoms with van der Waals surface area (Å²) in [6.07, 6.45) is 0. The molecule has 108 valence electrons. The molecule has 6 heteroatoms. The van der Waals surface area contributed by atoms with Gasteiger partial charge in [-0.05, 0) is 41.5 Å². The second-order valence-corrected chi connectivity index (χ2v) is 8.62. The normalized spacial score (nSPS) is 12.7. The molecule has 1 aromatic heterocycles. The Kier molecular flexibility index (Phi) is 4.24. The number of carbonyl (C=O) groups excluding carboxylic acids is 1. The minimum atomic E-state index is -3.18. The van der Waals surface area contributed by atoms with Crippen LogP contribution in [0.25, 0.3) is 0 Å². The molecule has 0 bridgehead atoms. The molecule has 0 aliphatic rings. The van der Waals surface area contributed by atoms with Crippen LogP contribution in [0.4, 0.5) is 0 Å². The fraction of sp³-hybridized carbons (Fsp3) is 0.692. The Labute approximate surface area is 114 Å². The van der Waals surface area contributed by atoms with Crippen molar-refractivity contribution in [3.63, 3.8) is 0 Å². The van der Waals surface area contributed by atoms with Gasteiger partial charge in [-0.3, -0.25) is 9.48 Å². The van der Waals surface area contributed by atoms with Crippen LogP contribution in [0.5, 0.6) is 0 Å². The number of sulfone groups is 1. The highest BCUT2D eigenvalue weighted by atomic mass is 32.2. The molecule has 0 spiro atoms. The Morgan fingerprint density at radius 2 is 1.79 bits per heavy atom. The van der Waals surface area contributed by atoms with E-state index < -0.39 is 14.6 Å². The molecule has 0 fully saturated rings. The van der Waals surface area contributed by atoms with Crippen molar-refractivity contribution in [2.45, 2.75) is 52.8 Å². The van der Waals surface area contributed by atoms with Crippen LogP contribution in [0.15, 0.2) is 0 Å². The quantitative estimate of drug-likeness (QED) is 0.793. The summed E-state index contributed by atoms with van der Waals surface area (Å²) in [4.78, 5) is 11.5.